The van der Waals surface area contributed by atoms with E-state index in [-0.39, 0.29) is 38.4 Å². The summed E-state index contributed by atoms with van der Waals surface area (Å²) >= 11 is 0. The SMILES string of the molecule is Cc1ccccc1-c1c2c(cc[n+]1C)C(C)(C)CC2(C)C.Cc1ccccc1-c1c2c(cc[n+]1C)C1CCC2C1.Cc1ccccc1-c1cc2c(c[n+]1C)C(C)(C)CC2(C)C.Cc1ccccc1-c1cc2c(c[n+]1C)C1(C)CCC2C1(C)C.[2H]C12CCC(C)(c3c[n+](C)c(-c4ccccc4C)cc31)C2(C)C.[2H]C12CCC(C1)c1c[n+](C)c(-c3ccccc3C)cc12. The van der Waals surface area contributed by atoms with Crippen molar-refractivity contribution >= 4 is 0 Å². The largest absolute Gasteiger partial charge is 0.216 e. The molecule has 6 heterocycles. The number of nitrogens with zero attached hydrogens (tertiary/aromatic N) is 6. The lowest BCUT2D eigenvalue weighted by Gasteiger charge is -2.34. The first-order valence-corrected chi connectivity index (χ1v) is 47.0. The van der Waals surface area contributed by atoms with E-state index < -0.39 is 5.89 Å². The topological polar surface area (TPSA) is 23.3 Å². The highest BCUT2D eigenvalue weighted by molar-refractivity contribution is 5.72. The van der Waals surface area contributed by atoms with Crippen molar-refractivity contribution in [1.29, 1.82) is 0 Å². The number of hydrogen-bond donors (Lipinski definition) is 0. The molecule has 6 aromatic carbocycles. The third-order valence-electron chi connectivity index (χ3n) is 33.5. The van der Waals surface area contributed by atoms with Gasteiger partial charge in [0.1, 0.15) is 42.3 Å². The van der Waals surface area contributed by atoms with Crippen LogP contribution in [0.5, 0.6) is 0 Å². The number of fused-ring (bicyclic) bond motifs is 22. The first-order valence-electron chi connectivity index (χ1n) is 48.0. The van der Waals surface area contributed by atoms with Crippen LogP contribution in [-0.4, -0.2) is 0 Å². The van der Waals surface area contributed by atoms with Crippen LogP contribution in [0.25, 0.3) is 67.5 Å². The second-order valence-electron chi connectivity index (χ2n) is 43.8. The van der Waals surface area contributed by atoms with Crippen LogP contribution >= 0.6 is 0 Å². The average molecular weight is 1650 g/mol. The average Bonchev–Trinajstić information content (AvgIpc) is 1.48. The van der Waals surface area contributed by atoms with Gasteiger partial charge in [0.05, 0.1) is 0 Å². The van der Waals surface area contributed by atoms with Crippen molar-refractivity contribution in [2.45, 2.75) is 283 Å². The summed E-state index contributed by atoms with van der Waals surface area (Å²) in [7, 11) is 13.0. The van der Waals surface area contributed by atoms with Gasteiger partial charge in [-0.15, -0.1) is 0 Å². The maximum Gasteiger partial charge on any atom is 0.216 e. The number of aryl methyl sites for hydroxylation is 12. The minimum absolute atomic E-state index is 0.0142. The number of rotatable bonds is 6. The quantitative estimate of drug-likeness (QED) is 0.148. The molecule has 0 spiro atoms. The fourth-order valence-electron chi connectivity index (χ4n) is 26.3. The summed E-state index contributed by atoms with van der Waals surface area (Å²) in [6, 6.07) is 66.1. The Balaban J connectivity index is 0.000000107. The molecule has 4 fully saturated rings. The molecule has 640 valence electrons. The van der Waals surface area contributed by atoms with Gasteiger partial charge in [-0.05, 0) is 290 Å². The second-order valence-corrected chi connectivity index (χ2v) is 43.8. The van der Waals surface area contributed by atoms with Crippen molar-refractivity contribution in [3.8, 4) is 67.5 Å². The Morgan fingerprint density at radius 1 is 0.298 bits per heavy atom. The molecule has 124 heavy (non-hydrogen) atoms. The zero-order chi connectivity index (χ0) is 90.0. The molecule has 8 atom stereocenters. The zero-order valence-electron chi connectivity index (χ0n) is 82.3. The predicted octanol–water partition coefficient (Wildman–Crippen LogP) is 25.9. The van der Waals surface area contributed by atoms with Gasteiger partial charge in [-0.1, -0.05) is 206 Å². The summed E-state index contributed by atoms with van der Waals surface area (Å²) in [4.78, 5) is 0. The molecule has 0 amide bonds. The van der Waals surface area contributed by atoms with Gasteiger partial charge in [-0.25, -0.2) is 27.4 Å². The van der Waals surface area contributed by atoms with E-state index in [9.17, 15) is 1.37 Å². The Morgan fingerprint density at radius 3 is 1.20 bits per heavy atom. The van der Waals surface area contributed by atoms with Gasteiger partial charge in [0.2, 0.25) is 34.2 Å². The highest BCUT2D eigenvalue weighted by Crippen LogP contribution is 2.69. The standard InChI is InChI=1S/2C21H26N.2C20H26N.2C18H20N/c2*1-14-8-6-7-9-15(14)19-12-16-17-10-11-21(4,20(17,2)3)18(16)13-22(19)5;1-14-9-7-8-10-15(14)18-11-16-17(12-21(18)6)20(4,5)13-19(16,2)3;1-14-9-7-8-10-15(14)18-17-16(11-12-21(18)6)19(2,3)13-20(17,4)5;1-12-5-3-4-6-15(12)18-10-16-13-7-8-14(9-13)17(16)11-19(18)2;1-12-5-3-4-6-15(12)18-17-14-8-7-13(11-14)16(17)9-10-19(18)2/h2*6-9,12-13,17H,10-11H2,1-5H3;2*7-12H,13H2,1-6H3;3-6,10-11,13-14H,7-9H2,1-2H3;3-6,9-10,13-14H,7-8,11H2,1-2H3/q6*+1/i17D;;;;13D;. The molecular weight excluding hydrogens is 1500 g/mol. The van der Waals surface area contributed by atoms with Crippen molar-refractivity contribution < 1.29 is 30.1 Å². The minimum Gasteiger partial charge on any atom is -0.201 e. The highest BCUT2D eigenvalue weighted by atomic mass is 15.0. The molecule has 6 heteroatoms. The van der Waals surface area contributed by atoms with Gasteiger partial charge < -0.3 is 0 Å². The van der Waals surface area contributed by atoms with Gasteiger partial charge in [0, 0.05) is 117 Å². The van der Waals surface area contributed by atoms with Gasteiger partial charge in [0.25, 0.3) is 0 Å². The Morgan fingerprint density at radius 2 is 0.677 bits per heavy atom. The fourth-order valence-corrected chi connectivity index (χ4v) is 26.3. The third kappa shape index (κ3) is 14.4. The third-order valence-corrected chi connectivity index (χ3v) is 33.5. The van der Waals surface area contributed by atoms with Crippen LogP contribution in [0.3, 0.4) is 0 Å². The zero-order valence-corrected chi connectivity index (χ0v) is 80.3. The summed E-state index contributed by atoms with van der Waals surface area (Å²) < 4.78 is 31.7. The van der Waals surface area contributed by atoms with Crippen LogP contribution in [0.4, 0.5) is 0 Å². The molecule has 0 radical (unpaired) electrons. The fraction of sp³-hybridized carbons (Fsp3) is 0.441. The molecule has 0 N–H and O–H groups in total. The van der Waals surface area contributed by atoms with Crippen LogP contribution < -0.4 is 27.4 Å². The van der Waals surface area contributed by atoms with E-state index in [1.54, 1.807) is 22.3 Å². The lowest BCUT2D eigenvalue weighted by molar-refractivity contribution is -0.661. The second kappa shape index (κ2) is 31.7. The first-order chi connectivity index (χ1) is 59.4. The van der Waals surface area contributed by atoms with Crippen LogP contribution in [0.2, 0.25) is 0 Å². The maximum absolute atomic E-state index is 9.25. The first kappa shape index (κ1) is 83.8. The summed E-state index contributed by atoms with van der Waals surface area (Å²) in [5.41, 5.74) is 43.7. The van der Waals surface area contributed by atoms with Crippen molar-refractivity contribution in [2.24, 2.45) is 53.1 Å². The molecule has 22 rings (SSSR count). The molecule has 12 aromatic rings. The molecule has 0 saturated heterocycles. The normalized spacial score (nSPS) is 24.9. The molecule has 0 aliphatic heterocycles. The Hall–Kier alpha value is -9.78. The molecule has 10 aliphatic carbocycles. The number of pyridine rings is 6. The van der Waals surface area contributed by atoms with Crippen molar-refractivity contribution in [1.82, 2.24) is 0 Å². The van der Waals surface area contributed by atoms with E-state index in [1.807, 2.05) is 0 Å². The van der Waals surface area contributed by atoms with Gasteiger partial charge in [-0.2, -0.15) is 0 Å². The van der Waals surface area contributed by atoms with E-state index in [4.69, 9.17) is 1.37 Å². The Kier molecular flexibility index (Phi) is 21.4. The molecule has 8 unspecified atom stereocenters. The van der Waals surface area contributed by atoms with E-state index in [0.717, 1.165) is 43.4 Å². The smallest absolute Gasteiger partial charge is 0.201 e. The predicted molar refractivity (Wildman–Crippen MR) is 513 cm³/mol. The molecular formula is C118H144N6+6. The molecule has 8 bridgehead atoms. The molecule has 6 nitrogen and oxygen atoms in total. The highest BCUT2D eigenvalue weighted by Gasteiger charge is 2.62. The number of aromatic nitrogens is 6. The number of hydrogen-bond acceptors (Lipinski definition) is 0. The molecule has 6 aromatic heterocycles. The van der Waals surface area contributed by atoms with Crippen LogP contribution in [-0.2, 0) is 74.8 Å². The minimum atomic E-state index is -0.456. The van der Waals surface area contributed by atoms with Crippen LogP contribution in [0.15, 0.2) is 219 Å². The lowest BCUT2D eigenvalue weighted by Crippen LogP contribution is -2.36. The van der Waals surface area contributed by atoms with Crippen molar-refractivity contribution in [2.75, 3.05) is 0 Å². The summed E-state index contributed by atoms with van der Waals surface area (Å²) in [5, 5.41) is 0. The summed E-state index contributed by atoms with van der Waals surface area (Å²) in [6.07, 6.45) is 28.5. The van der Waals surface area contributed by atoms with Crippen molar-refractivity contribution in [3.63, 3.8) is 0 Å². The van der Waals surface area contributed by atoms with E-state index >= 15 is 0 Å². The molecule has 10 aliphatic rings. The number of benzene rings is 6. The van der Waals surface area contributed by atoms with Crippen LogP contribution in [0, 0.1) is 52.4 Å². The van der Waals surface area contributed by atoms with Crippen LogP contribution in [0.1, 0.15) is 312 Å². The Labute approximate surface area is 748 Å². The van der Waals surface area contributed by atoms with Gasteiger partial charge in [0.15, 0.2) is 37.2 Å². The Bertz CT molecular complexity index is 6340. The summed E-state index contributed by atoms with van der Waals surface area (Å²) in [5.74, 6) is 2.22. The van der Waals surface area contributed by atoms with Crippen molar-refractivity contribution in [3.05, 3.63) is 319 Å². The van der Waals surface area contributed by atoms with E-state index in [0.29, 0.717) is 16.7 Å². The lowest BCUT2D eigenvalue weighted by atomic mass is 9.69. The maximum atomic E-state index is 9.25. The summed E-state index contributed by atoms with van der Waals surface area (Å²) in [6.45, 7) is 46.6. The van der Waals surface area contributed by atoms with E-state index in [2.05, 4.69) is 427 Å². The molecule has 4 saturated carbocycles. The van der Waals surface area contributed by atoms with E-state index in [1.165, 1.54) is 197 Å². The van der Waals surface area contributed by atoms with Gasteiger partial charge in [-0.3, -0.25) is 0 Å². The monoisotopic (exact) mass is 1650 g/mol. The van der Waals surface area contributed by atoms with Gasteiger partial charge >= 0.3 is 0 Å².